The molecule has 6 nitrogen and oxygen atoms in total. The van der Waals surface area contributed by atoms with E-state index in [1.165, 1.54) is 4.31 Å². The second-order valence-corrected chi connectivity index (χ2v) is 9.80. The molecule has 0 spiro atoms. The molecule has 0 bridgehead atoms. The molecule has 8 heteroatoms. The van der Waals surface area contributed by atoms with Crippen LogP contribution in [0.2, 0.25) is 0 Å². The summed E-state index contributed by atoms with van der Waals surface area (Å²) in [7, 11) is -6.62. The lowest BCUT2D eigenvalue weighted by Gasteiger charge is -2.19. The van der Waals surface area contributed by atoms with Crippen molar-refractivity contribution in [3.63, 3.8) is 0 Å². The number of rotatable bonds is 5. The van der Waals surface area contributed by atoms with E-state index in [4.69, 9.17) is 0 Å². The van der Waals surface area contributed by atoms with Gasteiger partial charge in [-0.2, -0.15) is 0 Å². The maximum absolute atomic E-state index is 12.0. The van der Waals surface area contributed by atoms with Crippen molar-refractivity contribution >= 4 is 31.4 Å². The number of nitrogens with zero attached hydrogens (tertiary/aromatic N) is 1. The monoisotopic (exact) mass is 346 g/mol. The van der Waals surface area contributed by atoms with Crippen LogP contribution in [-0.4, -0.2) is 34.9 Å². The Kier molecular flexibility index (Phi) is 4.72. The standard InChI is InChI=1S/C14H22N2O4S2/c1-11(2)10-21(17,18)15-14-6-5-13(9-12(14)3)16-7-4-8-22(16,19)20/h5-6,9,11,15H,4,7-8,10H2,1-3H3. The zero-order valence-corrected chi connectivity index (χ0v) is 14.7. The van der Waals surface area contributed by atoms with Crippen LogP contribution in [0.3, 0.4) is 0 Å². The van der Waals surface area contributed by atoms with Gasteiger partial charge in [-0.3, -0.25) is 9.03 Å². The van der Waals surface area contributed by atoms with E-state index < -0.39 is 20.0 Å². The predicted molar refractivity (Wildman–Crippen MR) is 89.2 cm³/mol. The molecule has 0 aromatic heterocycles. The zero-order valence-electron chi connectivity index (χ0n) is 13.0. The van der Waals surface area contributed by atoms with Crippen molar-refractivity contribution in [1.29, 1.82) is 0 Å². The zero-order chi connectivity index (χ0) is 16.5. The summed E-state index contributed by atoms with van der Waals surface area (Å²) in [6.45, 7) is 5.92. The van der Waals surface area contributed by atoms with Crippen LogP contribution in [0, 0.1) is 12.8 Å². The number of aryl methyl sites for hydroxylation is 1. The van der Waals surface area contributed by atoms with Gasteiger partial charge in [-0.1, -0.05) is 13.8 Å². The molecule has 2 rings (SSSR count). The Morgan fingerprint density at radius 2 is 2.00 bits per heavy atom. The fraction of sp³-hybridized carbons (Fsp3) is 0.571. The summed E-state index contributed by atoms with van der Waals surface area (Å²) in [4.78, 5) is 0. The first-order chi connectivity index (χ1) is 10.1. The Bertz CT molecular complexity index is 755. The van der Waals surface area contributed by atoms with Crippen molar-refractivity contribution in [2.45, 2.75) is 27.2 Å². The molecule has 0 amide bonds. The molecule has 1 aromatic rings. The minimum absolute atomic E-state index is 0.0341. The molecule has 1 saturated heterocycles. The van der Waals surface area contributed by atoms with E-state index in [1.54, 1.807) is 25.1 Å². The summed E-state index contributed by atoms with van der Waals surface area (Å²) < 4.78 is 51.8. The second-order valence-electron chi connectivity index (χ2n) is 6.02. The number of sulfonamides is 2. The van der Waals surface area contributed by atoms with Gasteiger partial charge in [0.05, 0.1) is 22.9 Å². The first-order valence-corrected chi connectivity index (χ1v) is 10.5. The summed E-state index contributed by atoms with van der Waals surface area (Å²) in [5.41, 5.74) is 1.77. The summed E-state index contributed by atoms with van der Waals surface area (Å²) >= 11 is 0. The maximum atomic E-state index is 12.0. The van der Waals surface area contributed by atoms with E-state index in [2.05, 4.69) is 4.72 Å². The Balaban J connectivity index is 2.24. The molecule has 1 aromatic carbocycles. The van der Waals surface area contributed by atoms with Gasteiger partial charge >= 0.3 is 0 Å². The third-order valence-electron chi connectivity index (χ3n) is 3.42. The van der Waals surface area contributed by atoms with Crippen LogP contribution >= 0.6 is 0 Å². The van der Waals surface area contributed by atoms with Gasteiger partial charge in [0.2, 0.25) is 20.0 Å². The largest absolute Gasteiger partial charge is 0.283 e. The predicted octanol–water partition coefficient (Wildman–Crippen LogP) is 1.93. The third kappa shape index (κ3) is 3.92. The number of nitrogens with one attached hydrogen (secondary N) is 1. The van der Waals surface area contributed by atoms with E-state index in [1.807, 2.05) is 13.8 Å². The first-order valence-electron chi connectivity index (χ1n) is 7.22. The average Bonchev–Trinajstić information content (AvgIpc) is 2.69. The molecule has 1 N–H and O–H groups in total. The number of anilines is 2. The van der Waals surface area contributed by atoms with Crippen molar-refractivity contribution in [1.82, 2.24) is 0 Å². The minimum Gasteiger partial charge on any atom is -0.283 e. The lowest BCUT2D eigenvalue weighted by atomic mass is 10.2. The molecule has 0 unspecified atom stereocenters. The van der Waals surface area contributed by atoms with E-state index in [-0.39, 0.29) is 17.4 Å². The highest BCUT2D eigenvalue weighted by atomic mass is 32.2. The van der Waals surface area contributed by atoms with E-state index in [0.29, 0.717) is 29.9 Å². The van der Waals surface area contributed by atoms with Crippen LogP contribution in [0.15, 0.2) is 18.2 Å². The van der Waals surface area contributed by atoms with Crippen LogP contribution in [0.1, 0.15) is 25.8 Å². The molecule has 1 aliphatic rings. The molecule has 1 heterocycles. The van der Waals surface area contributed by atoms with Gasteiger partial charge in [0.15, 0.2) is 0 Å². The van der Waals surface area contributed by atoms with Gasteiger partial charge in [0, 0.05) is 6.54 Å². The van der Waals surface area contributed by atoms with Crippen molar-refractivity contribution in [3.8, 4) is 0 Å². The maximum Gasteiger partial charge on any atom is 0.235 e. The Morgan fingerprint density at radius 1 is 1.32 bits per heavy atom. The molecule has 0 aliphatic carbocycles. The van der Waals surface area contributed by atoms with Crippen LogP contribution in [0.5, 0.6) is 0 Å². The lowest BCUT2D eigenvalue weighted by Crippen LogP contribution is -2.25. The summed E-state index contributed by atoms with van der Waals surface area (Å²) in [5.74, 6) is 0.246. The third-order valence-corrected chi connectivity index (χ3v) is 6.92. The summed E-state index contributed by atoms with van der Waals surface area (Å²) in [6.07, 6.45) is 0.615. The molecule has 1 aliphatic heterocycles. The van der Waals surface area contributed by atoms with Crippen molar-refractivity contribution < 1.29 is 16.8 Å². The van der Waals surface area contributed by atoms with Crippen molar-refractivity contribution in [2.75, 3.05) is 27.1 Å². The van der Waals surface area contributed by atoms with Gasteiger partial charge in [0.1, 0.15) is 0 Å². The quantitative estimate of drug-likeness (QED) is 0.883. The minimum atomic E-state index is -3.39. The van der Waals surface area contributed by atoms with Crippen LogP contribution in [0.25, 0.3) is 0 Å². The molecule has 0 atom stereocenters. The van der Waals surface area contributed by atoms with Gasteiger partial charge in [-0.25, -0.2) is 16.8 Å². The van der Waals surface area contributed by atoms with Gasteiger partial charge < -0.3 is 0 Å². The molecule has 22 heavy (non-hydrogen) atoms. The van der Waals surface area contributed by atoms with Crippen molar-refractivity contribution in [2.24, 2.45) is 5.92 Å². The Labute approximate surface area is 132 Å². The number of hydrogen-bond acceptors (Lipinski definition) is 4. The average molecular weight is 346 g/mol. The highest BCUT2D eigenvalue weighted by Gasteiger charge is 2.28. The molecule has 1 fully saturated rings. The van der Waals surface area contributed by atoms with E-state index in [9.17, 15) is 16.8 Å². The van der Waals surface area contributed by atoms with Gasteiger partial charge in [-0.15, -0.1) is 0 Å². The van der Waals surface area contributed by atoms with Gasteiger partial charge in [0.25, 0.3) is 0 Å². The first kappa shape index (κ1) is 17.1. The topological polar surface area (TPSA) is 83.6 Å². The summed E-state index contributed by atoms with van der Waals surface area (Å²) in [6, 6.07) is 4.97. The molecule has 0 saturated carbocycles. The van der Waals surface area contributed by atoms with Crippen LogP contribution in [0.4, 0.5) is 11.4 Å². The van der Waals surface area contributed by atoms with E-state index in [0.717, 1.165) is 0 Å². The van der Waals surface area contributed by atoms with Crippen LogP contribution in [-0.2, 0) is 20.0 Å². The Morgan fingerprint density at radius 3 is 2.50 bits per heavy atom. The number of hydrogen-bond donors (Lipinski definition) is 1. The lowest BCUT2D eigenvalue weighted by molar-refractivity contribution is 0.587. The van der Waals surface area contributed by atoms with Gasteiger partial charge in [-0.05, 0) is 43.0 Å². The smallest absolute Gasteiger partial charge is 0.235 e. The van der Waals surface area contributed by atoms with Crippen molar-refractivity contribution in [3.05, 3.63) is 23.8 Å². The summed E-state index contributed by atoms with van der Waals surface area (Å²) in [5, 5.41) is 0. The highest BCUT2D eigenvalue weighted by molar-refractivity contribution is 7.93. The molecular weight excluding hydrogens is 324 g/mol. The van der Waals surface area contributed by atoms with Crippen LogP contribution < -0.4 is 9.03 Å². The molecule has 0 radical (unpaired) electrons. The normalized spacial score (nSPS) is 17.9. The fourth-order valence-electron chi connectivity index (χ4n) is 2.50. The second kappa shape index (κ2) is 6.08. The SMILES string of the molecule is Cc1cc(N2CCCS2(=O)=O)ccc1NS(=O)(=O)CC(C)C. The highest BCUT2D eigenvalue weighted by Crippen LogP contribution is 2.28. The van der Waals surface area contributed by atoms with E-state index >= 15 is 0 Å². The fourth-order valence-corrected chi connectivity index (χ4v) is 5.58. The molecular formula is C14H22N2O4S2. The Hall–Kier alpha value is -1.28. The number of benzene rings is 1. The molecule has 124 valence electrons.